The molecule has 0 saturated carbocycles. The first-order valence-corrected chi connectivity index (χ1v) is 5.21. The van der Waals surface area contributed by atoms with Crippen LogP contribution in [0, 0.1) is 0 Å². The standard InChI is InChI=1S/C11H10N2O2S/c12-9(16)6-13-10(14)5-7-3-1-2-4-8(7)11(13)15/h1-4H,5-6H2,(H2,12,16). The fourth-order valence-electron chi connectivity index (χ4n) is 1.72. The van der Waals surface area contributed by atoms with E-state index in [1.807, 2.05) is 6.07 Å². The van der Waals surface area contributed by atoms with E-state index in [1.54, 1.807) is 18.2 Å². The average Bonchev–Trinajstić information content (AvgIpc) is 2.24. The summed E-state index contributed by atoms with van der Waals surface area (Å²) in [5.74, 6) is -0.573. The number of nitrogens with two attached hydrogens (primary N) is 1. The lowest BCUT2D eigenvalue weighted by Gasteiger charge is -2.26. The van der Waals surface area contributed by atoms with Crippen LogP contribution in [0.15, 0.2) is 24.3 Å². The van der Waals surface area contributed by atoms with Crippen LogP contribution in [0.3, 0.4) is 0 Å². The van der Waals surface area contributed by atoms with Gasteiger partial charge in [0.2, 0.25) is 5.91 Å². The summed E-state index contributed by atoms with van der Waals surface area (Å²) < 4.78 is 0. The quantitative estimate of drug-likeness (QED) is 0.598. The first-order chi connectivity index (χ1) is 7.59. The van der Waals surface area contributed by atoms with E-state index < -0.39 is 0 Å². The first kappa shape index (κ1) is 10.8. The van der Waals surface area contributed by atoms with Gasteiger partial charge in [0.15, 0.2) is 0 Å². The Bertz CT molecular complexity index is 485. The van der Waals surface area contributed by atoms with Crippen molar-refractivity contribution in [1.29, 1.82) is 0 Å². The van der Waals surface area contributed by atoms with Crippen molar-refractivity contribution < 1.29 is 9.59 Å². The van der Waals surface area contributed by atoms with E-state index >= 15 is 0 Å². The monoisotopic (exact) mass is 234 g/mol. The van der Waals surface area contributed by atoms with Gasteiger partial charge in [-0.3, -0.25) is 14.5 Å². The molecule has 0 fully saturated rings. The molecule has 1 aromatic carbocycles. The zero-order valence-corrected chi connectivity index (χ0v) is 9.29. The molecule has 0 spiro atoms. The van der Waals surface area contributed by atoms with Crippen molar-refractivity contribution in [3.63, 3.8) is 0 Å². The topological polar surface area (TPSA) is 63.4 Å². The summed E-state index contributed by atoms with van der Waals surface area (Å²) in [6.45, 7) is 0.0152. The second kappa shape index (κ2) is 4.02. The molecule has 0 aromatic heterocycles. The number of fused-ring (bicyclic) bond motifs is 1. The number of thiocarbonyl (C=S) groups is 1. The van der Waals surface area contributed by atoms with Gasteiger partial charge in [-0.25, -0.2) is 0 Å². The van der Waals surface area contributed by atoms with Gasteiger partial charge in [-0.05, 0) is 11.6 Å². The van der Waals surface area contributed by atoms with Gasteiger partial charge in [0, 0.05) is 5.56 Å². The molecule has 16 heavy (non-hydrogen) atoms. The maximum Gasteiger partial charge on any atom is 0.261 e. The summed E-state index contributed by atoms with van der Waals surface area (Å²) in [5.41, 5.74) is 6.67. The van der Waals surface area contributed by atoms with Crippen molar-refractivity contribution in [3.8, 4) is 0 Å². The molecule has 0 saturated heterocycles. The molecule has 5 heteroatoms. The molecule has 2 amide bonds. The molecule has 0 bridgehead atoms. The van der Waals surface area contributed by atoms with E-state index in [0.717, 1.165) is 10.5 Å². The van der Waals surface area contributed by atoms with Crippen LogP contribution in [-0.2, 0) is 11.2 Å². The van der Waals surface area contributed by atoms with Crippen LogP contribution >= 0.6 is 12.2 Å². The number of rotatable bonds is 2. The Morgan fingerprint density at radius 2 is 2.06 bits per heavy atom. The van der Waals surface area contributed by atoms with E-state index in [4.69, 9.17) is 18.0 Å². The zero-order valence-electron chi connectivity index (χ0n) is 8.47. The zero-order chi connectivity index (χ0) is 11.7. The summed E-state index contributed by atoms with van der Waals surface area (Å²) in [6, 6.07) is 7.06. The van der Waals surface area contributed by atoms with Crippen molar-refractivity contribution in [2.45, 2.75) is 6.42 Å². The summed E-state index contributed by atoms with van der Waals surface area (Å²) in [4.78, 5) is 24.9. The number of benzene rings is 1. The van der Waals surface area contributed by atoms with Gasteiger partial charge in [0.05, 0.1) is 18.0 Å². The fourth-order valence-corrected chi connectivity index (χ4v) is 1.85. The number of carbonyl (C=O) groups is 2. The van der Waals surface area contributed by atoms with Gasteiger partial charge in [-0.1, -0.05) is 30.4 Å². The third-order valence-electron chi connectivity index (χ3n) is 2.45. The van der Waals surface area contributed by atoms with Crippen molar-refractivity contribution in [3.05, 3.63) is 35.4 Å². The van der Waals surface area contributed by atoms with E-state index in [2.05, 4.69) is 0 Å². The Balaban J connectivity index is 2.38. The van der Waals surface area contributed by atoms with E-state index in [9.17, 15) is 9.59 Å². The maximum atomic E-state index is 12.0. The van der Waals surface area contributed by atoms with Gasteiger partial charge in [-0.2, -0.15) is 0 Å². The van der Waals surface area contributed by atoms with Crippen molar-refractivity contribution in [1.82, 2.24) is 4.90 Å². The molecule has 82 valence electrons. The Morgan fingerprint density at radius 3 is 2.75 bits per heavy atom. The predicted molar refractivity (Wildman–Crippen MR) is 63.0 cm³/mol. The van der Waals surface area contributed by atoms with Crippen LogP contribution in [-0.4, -0.2) is 28.2 Å². The number of nitrogens with zero attached hydrogens (tertiary/aromatic N) is 1. The van der Waals surface area contributed by atoms with Crippen molar-refractivity contribution in [2.24, 2.45) is 5.73 Å². The molecule has 0 atom stereocenters. The van der Waals surface area contributed by atoms with Gasteiger partial charge < -0.3 is 5.73 Å². The Labute approximate surface area is 98.0 Å². The minimum atomic E-state index is -0.320. The second-order valence-corrected chi connectivity index (χ2v) is 4.11. The van der Waals surface area contributed by atoms with Gasteiger partial charge >= 0.3 is 0 Å². The van der Waals surface area contributed by atoms with Crippen LogP contribution in [0.2, 0.25) is 0 Å². The molecule has 0 aliphatic carbocycles. The summed E-state index contributed by atoms with van der Waals surface area (Å²) >= 11 is 4.71. The highest BCUT2D eigenvalue weighted by atomic mass is 32.1. The predicted octanol–water partition coefficient (Wildman–Crippen LogP) is 0.498. The second-order valence-electron chi connectivity index (χ2n) is 3.59. The lowest BCUT2D eigenvalue weighted by Crippen LogP contribution is -2.46. The molecule has 1 aliphatic rings. The summed E-state index contributed by atoms with van der Waals surface area (Å²) in [5, 5.41) is 0. The molecule has 2 N–H and O–H groups in total. The smallest absolute Gasteiger partial charge is 0.261 e. The van der Waals surface area contributed by atoms with Crippen LogP contribution in [0.4, 0.5) is 0 Å². The van der Waals surface area contributed by atoms with Crippen LogP contribution < -0.4 is 5.73 Å². The van der Waals surface area contributed by atoms with Crippen LogP contribution in [0.5, 0.6) is 0 Å². The minimum absolute atomic E-state index is 0.0152. The van der Waals surface area contributed by atoms with E-state index in [1.165, 1.54) is 0 Å². The first-order valence-electron chi connectivity index (χ1n) is 4.80. The lowest BCUT2D eigenvalue weighted by atomic mass is 9.98. The van der Waals surface area contributed by atoms with Crippen molar-refractivity contribution >= 4 is 29.0 Å². The third kappa shape index (κ3) is 1.81. The highest BCUT2D eigenvalue weighted by Gasteiger charge is 2.30. The molecular formula is C11H10N2O2S. The highest BCUT2D eigenvalue weighted by molar-refractivity contribution is 7.80. The molecule has 1 aliphatic heterocycles. The van der Waals surface area contributed by atoms with Gasteiger partial charge in [-0.15, -0.1) is 0 Å². The van der Waals surface area contributed by atoms with Crippen LogP contribution in [0.1, 0.15) is 15.9 Å². The molecule has 1 aromatic rings. The molecule has 1 heterocycles. The number of imide groups is 1. The molecule has 4 nitrogen and oxygen atoms in total. The van der Waals surface area contributed by atoms with Gasteiger partial charge in [0.1, 0.15) is 0 Å². The maximum absolute atomic E-state index is 12.0. The summed E-state index contributed by atoms with van der Waals surface area (Å²) in [7, 11) is 0. The largest absolute Gasteiger partial charge is 0.392 e. The Hall–Kier alpha value is -1.75. The minimum Gasteiger partial charge on any atom is -0.392 e. The third-order valence-corrected chi connectivity index (χ3v) is 2.58. The normalized spacial score (nSPS) is 14.9. The van der Waals surface area contributed by atoms with E-state index in [-0.39, 0.29) is 29.8 Å². The molecular weight excluding hydrogens is 224 g/mol. The molecule has 2 rings (SSSR count). The number of hydrogen-bond donors (Lipinski definition) is 1. The van der Waals surface area contributed by atoms with Gasteiger partial charge in [0.25, 0.3) is 5.91 Å². The number of amides is 2. The molecule has 0 radical (unpaired) electrons. The van der Waals surface area contributed by atoms with Crippen molar-refractivity contribution in [2.75, 3.05) is 6.54 Å². The lowest BCUT2D eigenvalue weighted by molar-refractivity contribution is -0.127. The average molecular weight is 234 g/mol. The SMILES string of the molecule is NC(=S)CN1C(=O)Cc2ccccc2C1=O. The van der Waals surface area contributed by atoms with Crippen LogP contribution in [0.25, 0.3) is 0 Å². The summed E-state index contributed by atoms with van der Waals surface area (Å²) in [6.07, 6.45) is 0.227. The highest BCUT2D eigenvalue weighted by Crippen LogP contribution is 2.19. The van der Waals surface area contributed by atoms with E-state index in [0.29, 0.717) is 5.56 Å². The fraction of sp³-hybridized carbons (Fsp3) is 0.182. The Morgan fingerprint density at radius 1 is 1.38 bits per heavy atom. The molecule has 0 unspecified atom stereocenters. The number of hydrogen-bond acceptors (Lipinski definition) is 3. The number of carbonyl (C=O) groups excluding carboxylic acids is 2. The Kier molecular flexibility index (Phi) is 2.70.